The molecule has 108 valence electrons. The third-order valence-corrected chi connectivity index (χ3v) is 3.85. The van der Waals surface area contributed by atoms with Crippen LogP contribution in [0.4, 0.5) is 5.69 Å². The third kappa shape index (κ3) is 1.70. The molecule has 1 aromatic heterocycles. The van der Waals surface area contributed by atoms with Gasteiger partial charge in [-0.15, -0.1) is 0 Å². The number of aryl methyl sites for hydroxylation is 2. The van der Waals surface area contributed by atoms with Gasteiger partial charge in [0.05, 0.1) is 12.8 Å². The highest BCUT2D eigenvalue weighted by molar-refractivity contribution is 6.24. The van der Waals surface area contributed by atoms with Crippen molar-refractivity contribution in [2.24, 2.45) is 0 Å². The van der Waals surface area contributed by atoms with Crippen LogP contribution in [0, 0.1) is 13.8 Å². The molecular weight excluding hydrogens is 268 g/mol. The van der Waals surface area contributed by atoms with Crippen LogP contribution >= 0.6 is 0 Å². The zero-order valence-electron chi connectivity index (χ0n) is 12.1. The van der Waals surface area contributed by atoms with Crippen LogP contribution < -0.4 is 5.32 Å². The summed E-state index contributed by atoms with van der Waals surface area (Å²) in [6.45, 7) is 3.75. The van der Waals surface area contributed by atoms with Gasteiger partial charge >= 0.3 is 5.97 Å². The second kappa shape index (κ2) is 4.48. The first kappa shape index (κ1) is 13.4. The summed E-state index contributed by atoms with van der Waals surface area (Å²) in [6.07, 6.45) is 0. The maximum absolute atomic E-state index is 12.9. The van der Waals surface area contributed by atoms with Gasteiger partial charge < -0.3 is 15.0 Å². The van der Waals surface area contributed by atoms with Gasteiger partial charge in [0, 0.05) is 16.9 Å². The van der Waals surface area contributed by atoms with Crippen LogP contribution in [0.1, 0.15) is 27.3 Å². The van der Waals surface area contributed by atoms with Gasteiger partial charge in [-0.3, -0.25) is 4.79 Å². The van der Waals surface area contributed by atoms with E-state index in [2.05, 4.69) is 10.3 Å². The number of Topliss-reactive ketones (excluding diaryl/α,β-unsaturated/α-hetero) is 1. The normalized spacial score (nSPS) is 20.0. The predicted octanol–water partition coefficient (Wildman–Crippen LogP) is 2.31. The molecule has 0 fully saturated rings. The number of aromatic amines is 1. The number of benzene rings is 1. The van der Waals surface area contributed by atoms with E-state index in [-0.39, 0.29) is 5.78 Å². The SMILES string of the molecule is COC(=O)C1(c2[nH]c(C)cc2C)Nc2ccccc2C1=O. The molecule has 2 N–H and O–H groups in total. The highest BCUT2D eigenvalue weighted by Gasteiger charge is 2.55. The topological polar surface area (TPSA) is 71.2 Å². The Labute approximate surface area is 122 Å². The molecule has 0 saturated carbocycles. The van der Waals surface area contributed by atoms with Gasteiger partial charge in [-0.25, -0.2) is 4.79 Å². The largest absolute Gasteiger partial charge is 0.467 e. The highest BCUT2D eigenvalue weighted by Crippen LogP contribution is 2.40. The minimum absolute atomic E-state index is 0.296. The average molecular weight is 284 g/mol. The minimum atomic E-state index is -1.53. The predicted molar refractivity (Wildman–Crippen MR) is 78.4 cm³/mol. The number of hydrogen-bond donors (Lipinski definition) is 2. The Balaban J connectivity index is 2.25. The molecule has 0 spiro atoms. The van der Waals surface area contributed by atoms with E-state index in [0.29, 0.717) is 16.9 Å². The number of ether oxygens (including phenoxy) is 1. The lowest BCUT2D eigenvalue weighted by Crippen LogP contribution is -2.48. The fourth-order valence-corrected chi connectivity index (χ4v) is 2.94. The quantitative estimate of drug-likeness (QED) is 0.656. The van der Waals surface area contributed by atoms with Crippen LogP contribution in [0.25, 0.3) is 0 Å². The van der Waals surface area contributed by atoms with Crippen molar-refractivity contribution in [1.82, 2.24) is 4.98 Å². The van der Waals surface area contributed by atoms with Crippen LogP contribution in [0.15, 0.2) is 30.3 Å². The standard InChI is InChI=1S/C16H16N2O3/c1-9-8-10(2)17-13(9)16(15(20)21-3)14(19)11-6-4-5-7-12(11)18-16/h4-8,17-18H,1-3H3. The fraction of sp³-hybridized carbons (Fsp3) is 0.250. The summed E-state index contributed by atoms with van der Waals surface area (Å²) >= 11 is 0. The van der Waals surface area contributed by atoms with E-state index in [1.807, 2.05) is 26.0 Å². The number of carbonyl (C=O) groups is 2. The number of hydrogen-bond acceptors (Lipinski definition) is 4. The fourth-order valence-electron chi connectivity index (χ4n) is 2.94. The smallest absolute Gasteiger partial charge is 0.346 e. The van der Waals surface area contributed by atoms with Crippen LogP contribution in [0.2, 0.25) is 0 Å². The number of ketones is 1. The Kier molecular flexibility index (Phi) is 2.86. The van der Waals surface area contributed by atoms with Gasteiger partial charge in [0.2, 0.25) is 11.3 Å². The molecule has 1 atom stereocenters. The Morgan fingerprint density at radius 3 is 2.52 bits per heavy atom. The number of methoxy groups -OCH3 is 1. The molecule has 5 nitrogen and oxygen atoms in total. The first-order valence-corrected chi connectivity index (χ1v) is 6.68. The molecule has 1 aromatic carbocycles. The maximum Gasteiger partial charge on any atom is 0.346 e. The number of anilines is 1. The van der Waals surface area contributed by atoms with E-state index >= 15 is 0 Å². The van der Waals surface area contributed by atoms with Gasteiger partial charge in [-0.1, -0.05) is 12.1 Å². The maximum atomic E-state index is 12.9. The summed E-state index contributed by atoms with van der Waals surface area (Å²) in [5, 5.41) is 3.06. The lowest BCUT2D eigenvalue weighted by Gasteiger charge is -2.25. The minimum Gasteiger partial charge on any atom is -0.467 e. The summed E-state index contributed by atoms with van der Waals surface area (Å²) in [4.78, 5) is 28.5. The average Bonchev–Trinajstić information content (AvgIpc) is 2.97. The van der Waals surface area contributed by atoms with Crippen molar-refractivity contribution in [1.29, 1.82) is 0 Å². The summed E-state index contributed by atoms with van der Waals surface area (Å²) in [7, 11) is 1.28. The van der Waals surface area contributed by atoms with E-state index in [1.165, 1.54) is 7.11 Å². The molecule has 1 aliphatic rings. The molecular formula is C16H16N2O3. The van der Waals surface area contributed by atoms with Crippen molar-refractivity contribution in [2.75, 3.05) is 12.4 Å². The van der Waals surface area contributed by atoms with Gasteiger partial charge in [0.1, 0.15) is 0 Å². The van der Waals surface area contributed by atoms with Crippen molar-refractivity contribution in [2.45, 2.75) is 19.4 Å². The first-order chi connectivity index (χ1) is 10.0. The van der Waals surface area contributed by atoms with Crippen molar-refractivity contribution in [3.05, 3.63) is 52.8 Å². The van der Waals surface area contributed by atoms with Crippen LogP contribution in [-0.4, -0.2) is 23.8 Å². The number of para-hydroxylation sites is 1. The second-order valence-electron chi connectivity index (χ2n) is 5.25. The summed E-state index contributed by atoms with van der Waals surface area (Å²) in [6, 6.07) is 8.99. The Bertz CT molecular complexity index is 748. The summed E-state index contributed by atoms with van der Waals surface area (Å²) < 4.78 is 4.92. The zero-order chi connectivity index (χ0) is 15.2. The molecule has 0 bridgehead atoms. The van der Waals surface area contributed by atoms with E-state index in [0.717, 1.165) is 11.3 Å². The molecule has 1 aliphatic heterocycles. The number of aromatic nitrogens is 1. The molecule has 2 heterocycles. The van der Waals surface area contributed by atoms with E-state index in [9.17, 15) is 9.59 Å². The number of esters is 1. The van der Waals surface area contributed by atoms with Gasteiger partial charge in [-0.05, 0) is 37.6 Å². The molecule has 0 amide bonds. The first-order valence-electron chi connectivity index (χ1n) is 6.68. The van der Waals surface area contributed by atoms with Crippen molar-refractivity contribution >= 4 is 17.4 Å². The molecule has 0 aliphatic carbocycles. The number of carbonyl (C=O) groups excluding carboxylic acids is 2. The number of fused-ring (bicyclic) bond motifs is 1. The molecule has 21 heavy (non-hydrogen) atoms. The molecule has 0 radical (unpaired) electrons. The lowest BCUT2D eigenvalue weighted by molar-refractivity contribution is -0.144. The molecule has 3 rings (SSSR count). The number of nitrogens with one attached hydrogen (secondary N) is 2. The summed E-state index contributed by atoms with van der Waals surface area (Å²) in [5.41, 5.74) is 1.86. The number of rotatable bonds is 2. The number of H-pyrrole nitrogens is 1. The Morgan fingerprint density at radius 2 is 1.95 bits per heavy atom. The molecule has 1 unspecified atom stereocenters. The van der Waals surface area contributed by atoms with Crippen molar-refractivity contribution < 1.29 is 14.3 Å². The van der Waals surface area contributed by atoms with E-state index < -0.39 is 11.5 Å². The zero-order valence-corrected chi connectivity index (χ0v) is 12.1. The van der Waals surface area contributed by atoms with E-state index in [4.69, 9.17) is 4.74 Å². The second-order valence-corrected chi connectivity index (χ2v) is 5.25. The van der Waals surface area contributed by atoms with Gasteiger partial charge in [-0.2, -0.15) is 0 Å². The van der Waals surface area contributed by atoms with Gasteiger partial charge in [0.15, 0.2) is 0 Å². The van der Waals surface area contributed by atoms with Crippen molar-refractivity contribution in [3.8, 4) is 0 Å². The highest BCUT2D eigenvalue weighted by atomic mass is 16.5. The van der Waals surface area contributed by atoms with Gasteiger partial charge in [0.25, 0.3) is 0 Å². The summed E-state index contributed by atoms with van der Waals surface area (Å²) in [5.74, 6) is -0.913. The molecule has 5 heteroatoms. The van der Waals surface area contributed by atoms with Crippen LogP contribution in [0.5, 0.6) is 0 Å². The third-order valence-electron chi connectivity index (χ3n) is 3.85. The van der Waals surface area contributed by atoms with E-state index in [1.54, 1.807) is 18.2 Å². The van der Waals surface area contributed by atoms with Crippen LogP contribution in [-0.2, 0) is 15.1 Å². The van der Waals surface area contributed by atoms with Crippen LogP contribution in [0.3, 0.4) is 0 Å². The lowest BCUT2D eigenvalue weighted by atomic mass is 9.88. The molecule has 0 saturated heterocycles. The Hall–Kier alpha value is -2.56. The monoisotopic (exact) mass is 284 g/mol. The van der Waals surface area contributed by atoms with Crippen molar-refractivity contribution in [3.63, 3.8) is 0 Å². The molecule has 2 aromatic rings. The Morgan fingerprint density at radius 1 is 1.24 bits per heavy atom.